The lowest BCUT2D eigenvalue weighted by molar-refractivity contribution is -0.143. The second kappa shape index (κ2) is 6.46. The van der Waals surface area contributed by atoms with E-state index >= 15 is 0 Å². The maximum atomic E-state index is 12.7. The summed E-state index contributed by atoms with van der Waals surface area (Å²) in [7, 11) is 0. The summed E-state index contributed by atoms with van der Waals surface area (Å²) in [4.78, 5) is 14.7. The molecule has 0 aromatic heterocycles. The molecule has 1 amide bonds. The first-order valence-corrected chi connectivity index (χ1v) is 8.40. The van der Waals surface area contributed by atoms with E-state index in [1.807, 2.05) is 17.0 Å². The maximum absolute atomic E-state index is 12.7. The van der Waals surface area contributed by atoms with E-state index in [9.17, 15) is 4.79 Å². The highest BCUT2D eigenvalue weighted by molar-refractivity contribution is 9.10. The number of carbonyl (C=O) groups is 1. The van der Waals surface area contributed by atoms with Crippen molar-refractivity contribution in [3.05, 3.63) is 34.3 Å². The molecule has 2 aliphatic rings. The molecule has 2 heterocycles. The fourth-order valence-electron chi connectivity index (χ4n) is 3.34. The molecule has 2 N–H and O–H groups in total. The van der Waals surface area contributed by atoms with Crippen LogP contribution in [0.15, 0.2) is 28.7 Å². The highest BCUT2D eigenvalue weighted by atomic mass is 79.9. The largest absolute Gasteiger partial charge is 0.364 e. The molecule has 2 aliphatic heterocycles. The Hall–Kier alpha value is -0.910. The summed E-state index contributed by atoms with van der Waals surface area (Å²) in [6, 6.07) is 8.41. The van der Waals surface area contributed by atoms with Crippen molar-refractivity contribution in [3.8, 4) is 0 Å². The van der Waals surface area contributed by atoms with Crippen LogP contribution in [-0.2, 0) is 9.53 Å². The van der Waals surface area contributed by atoms with Gasteiger partial charge < -0.3 is 15.4 Å². The molecule has 0 saturated carbocycles. The summed E-state index contributed by atoms with van der Waals surface area (Å²) in [6.07, 6.45) is 3.51. The number of likely N-dealkylation sites (tertiary alicyclic amines) is 1. The Balaban J connectivity index is 1.73. The number of halogens is 1. The van der Waals surface area contributed by atoms with Crippen molar-refractivity contribution in [2.45, 2.75) is 43.9 Å². The van der Waals surface area contributed by atoms with Crippen molar-refractivity contribution in [3.63, 3.8) is 0 Å². The number of nitrogens with zero attached hydrogens (tertiary/aromatic N) is 1. The fraction of sp³-hybridized carbons (Fsp3) is 0.562. The van der Waals surface area contributed by atoms with Crippen molar-refractivity contribution in [1.82, 2.24) is 4.90 Å². The zero-order chi connectivity index (χ0) is 14.8. The van der Waals surface area contributed by atoms with Crippen molar-refractivity contribution >= 4 is 21.8 Å². The van der Waals surface area contributed by atoms with Gasteiger partial charge in [-0.05, 0) is 43.4 Å². The Morgan fingerprint density at radius 2 is 2.24 bits per heavy atom. The van der Waals surface area contributed by atoms with Crippen LogP contribution < -0.4 is 5.73 Å². The zero-order valence-corrected chi connectivity index (χ0v) is 13.6. The molecule has 0 aliphatic carbocycles. The lowest BCUT2D eigenvalue weighted by Gasteiger charge is -2.27. The van der Waals surface area contributed by atoms with E-state index in [2.05, 4.69) is 28.1 Å². The van der Waals surface area contributed by atoms with Crippen LogP contribution in [0.5, 0.6) is 0 Å². The van der Waals surface area contributed by atoms with Crippen LogP contribution >= 0.6 is 15.9 Å². The van der Waals surface area contributed by atoms with E-state index < -0.39 is 0 Å². The van der Waals surface area contributed by atoms with E-state index in [4.69, 9.17) is 10.5 Å². The van der Waals surface area contributed by atoms with Gasteiger partial charge in [0.1, 0.15) is 6.10 Å². The fourth-order valence-corrected chi connectivity index (χ4v) is 3.75. The molecule has 1 aromatic rings. The molecule has 1 aromatic carbocycles. The van der Waals surface area contributed by atoms with Gasteiger partial charge in [0.2, 0.25) is 0 Å². The third-order valence-electron chi connectivity index (χ3n) is 4.42. The minimum Gasteiger partial charge on any atom is -0.364 e. The third kappa shape index (κ3) is 3.15. The first-order valence-electron chi connectivity index (χ1n) is 7.60. The summed E-state index contributed by atoms with van der Waals surface area (Å²) in [5, 5.41) is 0. The third-order valence-corrected chi connectivity index (χ3v) is 4.91. The van der Waals surface area contributed by atoms with Crippen LogP contribution in [-0.4, -0.2) is 36.1 Å². The first kappa shape index (κ1) is 15.0. The molecule has 3 unspecified atom stereocenters. The lowest BCUT2D eigenvalue weighted by atomic mass is 10.0. The van der Waals surface area contributed by atoms with Gasteiger partial charge in [0.25, 0.3) is 5.91 Å². The Labute approximate surface area is 133 Å². The highest BCUT2D eigenvalue weighted by Crippen LogP contribution is 2.35. The Bertz CT molecular complexity index is 523. The lowest BCUT2D eigenvalue weighted by Crippen LogP contribution is -2.39. The molecule has 4 nitrogen and oxygen atoms in total. The van der Waals surface area contributed by atoms with Crippen LogP contribution in [0.1, 0.15) is 37.3 Å². The minimum atomic E-state index is -0.300. The molecule has 0 spiro atoms. The molecule has 114 valence electrons. The van der Waals surface area contributed by atoms with Crippen molar-refractivity contribution in [2.75, 3.05) is 13.1 Å². The number of nitrogens with two attached hydrogens (primary N) is 1. The summed E-state index contributed by atoms with van der Waals surface area (Å²) < 4.78 is 6.82. The number of benzene rings is 1. The number of ether oxygens (including phenoxy) is 1. The smallest absolute Gasteiger partial charge is 0.252 e. The standard InChI is InChI=1S/C16H21BrN2O2/c17-12-4-1-3-11(9-12)14-5-2-8-19(14)16(20)15-7-6-13(10-18)21-15/h1,3-4,9,13-15H,2,5-8,10,18H2. The molecular formula is C16H21BrN2O2. The topological polar surface area (TPSA) is 55.6 Å². The van der Waals surface area contributed by atoms with Gasteiger partial charge >= 0.3 is 0 Å². The molecule has 2 fully saturated rings. The van der Waals surface area contributed by atoms with Gasteiger partial charge in [0.15, 0.2) is 0 Å². The second-order valence-corrected chi connectivity index (χ2v) is 6.72. The van der Waals surface area contributed by atoms with Gasteiger partial charge in [-0.25, -0.2) is 0 Å². The molecule has 3 atom stereocenters. The summed E-state index contributed by atoms with van der Waals surface area (Å²) in [6.45, 7) is 1.32. The molecule has 21 heavy (non-hydrogen) atoms. The van der Waals surface area contributed by atoms with Crippen LogP contribution in [0.3, 0.4) is 0 Å². The number of rotatable bonds is 3. The van der Waals surface area contributed by atoms with Gasteiger partial charge in [0, 0.05) is 17.6 Å². The predicted octanol–water partition coefficient (Wildman–Crippen LogP) is 2.62. The Morgan fingerprint density at radius 1 is 1.38 bits per heavy atom. The van der Waals surface area contributed by atoms with Gasteiger partial charge in [-0.2, -0.15) is 0 Å². The quantitative estimate of drug-likeness (QED) is 0.909. The monoisotopic (exact) mass is 352 g/mol. The number of amides is 1. The van der Waals surface area contributed by atoms with Crippen LogP contribution in [0.2, 0.25) is 0 Å². The SMILES string of the molecule is NCC1CCC(C(=O)N2CCCC2c2cccc(Br)c2)O1. The van der Waals surface area contributed by atoms with Gasteiger partial charge in [-0.3, -0.25) is 4.79 Å². The minimum absolute atomic E-state index is 0.0471. The molecule has 3 rings (SSSR count). The van der Waals surface area contributed by atoms with Crippen molar-refractivity contribution in [2.24, 2.45) is 5.73 Å². The molecular weight excluding hydrogens is 332 g/mol. The number of hydrogen-bond acceptors (Lipinski definition) is 3. The van der Waals surface area contributed by atoms with Gasteiger partial charge in [-0.15, -0.1) is 0 Å². The van der Waals surface area contributed by atoms with E-state index in [1.54, 1.807) is 0 Å². The van der Waals surface area contributed by atoms with E-state index in [0.717, 1.165) is 36.7 Å². The van der Waals surface area contributed by atoms with E-state index in [0.29, 0.717) is 6.54 Å². The van der Waals surface area contributed by atoms with Gasteiger partial charge in [0.05, 0.1) is 12.1 Å². The summed E-state index contributed by atoms with van der Waals surface area (Å²) in [5.41, 5.74) is 6.83. The number of hydrogen-bond donors (Lipinski definition) is 1. The average Bonchev–Trinajstić information content (AvgIpc) is 3.15. The summed E-state index contributed by atoms with van der Waals surface area (Å²) >= 11 is 3.51. The normalized spacial score (nSPS) is 29.0. The molecule has 5 heteroatoms. The van der Waals surface area contributed by atoms with Crippen LogP contribution in [0.4, 0.5) is 0 Å². The molecule has 2 saturated heterocycles. The van der Waals surface area contributed by atoms with Crippen LogP contribution in [0.25, 0.3) is 0 Å². The molecule has 0 bridgehead atoms. The average molecular weight is 353 g/mol. The molecule has 0 radical (unpaired) electrons. The Morgan fingerprint density at radius 3 is 2.95 bits per heavy atom. The van der Waals surface area contributed by atoms with Crippen molar-refractivity contribution in [1.29, 1.82) is 0 Å². The Kier molecular flexibility index (Phi) is 4.62. The zero-order valence-electron chi connectivity index (χ0n) is 12.0. The first-order chi connectivity index (χ1) is 10.2. The van der Waals surface area contributed by atoms with E-state index in [-0.39, 0.29) is 24.2 Å². The maximum Gasteiger partial charge on any atom is 0.252 e. The van der Waals surface area contributed by atoms with Crippen molar-refractivity contribution < 1.29 is 9.53 Å². The summed E-state index contributed by atoms with van der Waals surface area (Å²) in [5.74, 6) is 0.133. The highest BCUT2D eigenvalue weighted by Gasteiger charge is 2.37. The predicted molar refractivity (Wildman–Crippen MR) is 84.8 cm³/mol. The van der Waals surface area contributed by atoms with Gasteiger partial charge in [-0.1, -0.05) is 28.1 Å². The van der Waals surface area contributed by atoms with Crippen LogP contribution in [0, 0.1) is 0 Å². The number of carbonyl (C=O) groups excluding carboxylic acids is 1. The second-order valence-electron chi connectivity index (χ2n) is 5.80. The van der Waals surface area contributed by atoms with E-state index in [1.165, 1.54) is 5.56 Å².